The van der Waals surface area contributed by atoms with Crippen LogP contribution in [0.25, 0.3) is 0 Å². The molecule has 1 saturated carbocycles. The Labute approximate surface area is 212 Å². The number of aromatic nitrogens is 3. The molecule has 2 atom stereocenters. The number of ether oxygens (including phenoxy) is 1. The van der Waals surface area contributed by atoms with Crippen LogP contribution in [0.3, 0.4) is 0 Å². The largest absolute Gasteiger partial charge is 0.476 e. The number of nitrogens with zero attached hydrogens (tertiary/aromatic N) is 4. The number of hydrogen-bond donors (Lipinski definition) is 2. The van der Waals surface area contributed by atoms with Crippen molar-refractivity contribution in [3.05, 3.63) is 47.6 Å². The molecule has 0 amide bonds. The maximum absolute atomic E-state index is 13.7. The fourth-order valence-electron chi connectivity index (χ4n) is 4.90. The molecule has 9 nitrogen and oxygen atoms in total. The van der Waals surface area contributed by atoms with E-state index in [1.807, 2.05) is 25.1 Å². The van der Waals surface area contributed by atoms with Gasteiger partial charge in [0.2, 0.25) is 17.5 Å². The van der Waals surface area contributed by atoms with E-state index >= 15 is 0 Å². The first-order valence-electron chi connectivity index (χ1n) is 12.9. The van der Waals surface area contributed by atoms with E-state index in [1.54, 1.807) is 12.3 Å². The van der Waals surface area contributed by atoms with Crippen LogP contribution >= 0.6 is 0 Å². The maximum atomic E-state index is 13.7. The summed E-state index contributed by atoms with van der Waals surface area (Å²) in [7, 11) is 2.08. The van der Waals surface area contributed by atoms with E-state index in [-0.39, 0.29) is 17.4 Å². The first-order chi connectivity index (χ1) is 17.5. The van der Waals surface area contributed by atoms with Crippen molar-refractivity contribution < 1.29 is 14.3 Å². The second kappa shape index (κ2) is 12.1. The van der Waals surface area contributed by atoms with E-state index in [0.29, 0.717) is 67.1 Å². The van der Waals surface area contributed by atoms with Crippen molar-refractivity contribution in [1.82, 2.24) is 19.9 Å². The number of pyridine rings is 1. The molecule has 9 heteroatoms. The Morgan fingerprint density at radius 1 is 1.19 bits per heavy atom. The zero-order valence-electron chi connectivity index (χ0n) is 21.2. The van der Waals surface area contributed by atoms with Crippen LogP contribution in [0.5, 0.6) is 5.88 Å². The van der Waals surface area contributed by atoms with Crippen LogP contribution in [-0.4, -0.2) is 57.7 Å². The zero-order valence-corrected chi connectivity index (χ0v) is 21.2. The molecular formula is C27H36N6O3. The highest BCUT2D eigenvalue weighted by atomic mass is 16.5. The molecule has 0 radical (unpaired) electrons. The zero-order chi connectivity index (χ0) is 25.5. The Bertz CT molecular complexity index is 1100. The van der Waals surface area contributed by atoms with Gasteiger partial charge in [0, 0.05) is 36.0 Å². The van der Waals surface area contributed by atoms with Gasteiger partial charge in [-0.05, 0) is 57.8 Å². The number of Topliss-reactive ketones (excluding diaryl/α,β-unsaturated/α-hetero) is 2. The van der Waals surface area contributed by atoms with Crippen LogP contribution in [0.4, 0.5) is 11.6 Å². The fraction of sp³-hybridized carbons (Fsp3) is 0.519. The van der Waals surface area contributed by atoms with Crippen LogP contribution in [0.2, 0.25) is 0 Å². The number of carbonyl (C=O) groups is 2. The van der Waals surface area contributed by atoms with E-state index < -0.39 is 5.92 Å². The highest BCUT2D eigenvalue weighted by Gasteiger charge is 2.30. The summed E-state index contributed by atoms with van der Waals surface area (Å²) in [5, 5.41) is 3.14. The Morgan fingerprint density at radius 3 is 2.75 bits per heavy atom. The van der Waals surface area contributed by atoms with Crippen molar-refractivity contribution in [3.63, 3.8) is 0 Å². The molecule has 2 fully saturated rings. The predicted octanol–water partition coefficient (Wildman–Crippen LogP) is 4.04. The Hall–Kier alpha value is -3.33. The van der Waals surface area contributed by atoms with Crippen LogP contribution in [-0.2, 0) is 4.79 Å². The van der Waals surface area contributed by atoms with Crippen molar-refractivity contribution in [2.24, 2.45) is 11.7 Å². The van der Waals surface area contributed by atoms with E-state index in [2.05, 4.69) is 32.2 Å². The number of anilines is 2. The van der Waals surface area contributed by atoms with Crippen LogP contribution < -0.4 is 15.8 Å². The monoisotopic (exact) mass is 492 g/mol. The number of rotatable bonds is 10. The molecule has 0 bridgehead atoms. The molecule has 192 valence electrons. The van der Waals surface area contributed by atoms with Gasteiger partial charge in [-0.1, -0.05) is 25.8 Å². The van der Waals surface area contributed by atoms with Gasteiger partial charge in [-0.15, -0.1) is 0 Å². The predicted molar refractivity (Wildman–Crippen MR) is 138 cm³/mol. The molecule has 2 aromatic heterocycles. The van der Waals surface area contributed by atoms with Crippen molar-refractivity contribution in [3.8, 4) is 5.88 Å². The number of likely N-dealkylation sites (N-methyl/N-ethyl adjacent to an activating group) is 1. The van der Waals surface area contributed by atoms with Crippen molar-refractivity contribution in [2.45, 2.75) is 64.3 Å². The summed E-state index contributed by atoms with van der Waals surface area (Å²) in [4.78, 5) is 41.8. The number of allylic oxidation sites excluding steroid dienone is 2. The summed E-state index contributed by atoms with van der Waals surface area (Å²) in [6, 6.07) is 7.48. The first kappa shape index (κ1) is 25.8. The lowest BCUT2D eigenvalue weighted by atomic mass is 9.83. The first-order valence-corrected chi connectivity index (χ1v) is 12.9. The minimum atomic E-state index is -0.410. The Balaban J connectivity index is 1.65. The second-order valence-electron chi connectivity index (χ2n) is 9.62. The highest BCUT2D eigenvalue weighted by molar-refractivity contribution is 6.07. The summed E-state index contributed by atoms with van der Waals surface area (Å²) in [6.45, 7) is 3.49. The van der Waals surface area contributed by atoms with Gasteiger partial charge in [-0.25, -0.2) is 9.97 Å². The third-order valence-electron chi connectivity index (χ3n) is 6.97. The number of nitrogens with one attached hydrogen (secondary N) is 1. The topological polar surface area (TPSA) is 123 Å². The standard InChI is InChI=1S/C27H36N6O3/c1-3-9-20(25(28)19-11-4-5-12-21(19)34)26(35)27-31-23(30-22-13-6-7-14-29-22)16-24(32-27)36-17-18-10-8-15-33(18)2/h6-7,13-14,16,18-19H,3-5,8-12,15,17,28H2,1-2H3,(H,29,30,31,32)/t18-,19-/m0/s1. The lowest BCUT2D eigenvalue weighted by Crippen LogP contribution is -2.31. The van der Waals surface area contributed by atoms with E-state index in [4.69, 9.17) is 10.5 Å². The normalized spacial score (nSPS) is 21.2. The number of hydrogen-bond acceptors (Lipinski definition) is 9. The molecular weight excluding hydrogens is 456 g/mol. The van der Waals surface area contributed by atoms with Gasteiger partial charge in [0.05, 0.1) is 5.92 Å². The molecule has 4 rings (SSSR count). The molecule has 3 heterocycles. The number of likely N-dealkylation sites (tertiary alicyclic amines) is 1. The summed E-state index contributed by atoms with van der Waals surface area (Å²) in [5.74, 6) is 0.651. The number of nitrogens with two attached hydrogens (primary N) is 1. The third kappa shape index (κ3) is 6.26. The minimum Gasteiger partial charge on any atom is -0.476 e. The second-order valence-corrected chi connectivity index (χ2v) is 9.62. The minimum absolute atomic E-state index is 0.000339. The molecule has 1 aliphatic heterocycles. The molecule has 0 unspecified atom stereocenters. The summed E-state index contributed by atoms with van der Waals surface area (Å²) in [5.41, 5.74) is 7.28. The molecule has 3 N–H and O–H groups in total. The molecule has 1 aliphatic carbocycles. The van der Waals surface area contributed by atoms with Gasteiger partial charge in [-0.2, -0.15) is 4.98 Å². The summed E-state index contributed by atoms with van der Waals surface area (Å²) >= 11 is 0. The smallest absolute Gasteiger partial charge is 0.228 e. The molecule has 2 aromatic rings. The van der Waals surface area contributed by atoms with Gasteiger partial charge in [0.15, 0.2) is 0 Å². The average Bonchev–Trinajstić information content (AvgIpc) is 3.30. The van der Waals surface area contributed by atoms with Crippen LogP contribution in [0, 0.1) is 5.92 Å². The third-order valence-corrected chi connectivity index (χ3v) is 6.97. The van der Waals surface area contributed by atoms with Crippen LogP contribution in [0.1, 0.15) is 68.9 Å². The van der Waals surface area contributed by atoms with E-state index in [1.165, 1.54) is 0 Å². The highest BCUT2D eigenvalue weighted by Crippen LogP contribution is 2.29. The fourth-order valence-corrected chi connectivity index (χ4v) is 4.90. The lowest BCUT2D eigenvalue weighted by Gasteiger charge is -2.23. The lowest BCUT2D eigenvalue weighted by molar-refractivity contribution is -0.123. The molecule has 0 spiro atoms. The number of carbonyl (C=O) groups excluding carboxylic acids is 2. The quantitative estimate of drug-likeness (QED) is 0.373. The summed E-state index contributed by atoms with van der Waals surface area (Å²) in [6.07, 6.45) is 8.02. The molecule has 36 heavy (non-hydrogen) atoms. The van der Waals surface area contributed by atoms with Gasteiger partial charge in [0.1, 0.15) is 24.0 Å². The van der Waals surface area contributed by atoms with Crippen molar-refractivity contribution in [1.29, 1.82) is 0 Å². The van der Waals surface area contributed by atoms with Gasteiger partial charge < -0.3 is 20.7 Å². The van der Waals surface area contributed by atoms with Gasteiger partial charge in [0.25, 0.3) is 0 Å². The van der Waals surface area contributed by atoms with E-state index in [9.17, 15) is 9.59 Å². The number of ketones is 2. The van der Waals surface area contributed by atoms with E-state index in [0.717, 1.165) is 32.2 Å². The van der Waals surface area contributed by atoms with Gasteiger partial charge in [-0.3, -0.25) is 9.59 Å². The van der Waals surface area contributed by atoms with Crippen molar-refractivity contribution >= 4 is 23.2 Å². The Morgan fingerprint density at radius 2 is 2.06 bits per heavy atom. The SMILES string of the molecule is CCCC(C(=O)c1nc(Nc2ccccn2)cc(OC[C@@H]2CCCN2C)n1)=C(N)[C@H]1CCCCC1=O. The molecule has 1 saturated heterocycles. The van der Waals surface area contributed by atoms with Gasteiger partial charge >= 0.3 is 0 Å². The molecule has 0 aromatic carbocycles. The molecule has 2 aliphatic rings. The van der Waals surface area contributed by atoms with Crippen LogP contribution in [0.15, 0.2) is 41.7 Å². The average molecular weight is 493 g/mol. The van der Waals surface area contributed by atoms with Crippen molar-refractivity contribution in [2.75, 3.05) is 25.5 Å². The Kier molecular flexibility index (Phi) is 8.64. The summed E-state index contributed by atoms with van der Waals surface area (Å²) < 4.78 is 6.06. The maximum Gasteiger partial charge on any atom is 0.228 e.